The summed E-state index contributed by atoms with van der Waals surface area (Å²) >= 11 is 0. The molecule has 2 atom stereocenters. The van der Waals surface area contributed by atoms with E-state index in [9.17, 15) is 14.4 Å². The predicted octanol–water partition coefficient (Wildman–Crippen LogP) is 0.925. The van der Waals surface area contributed by atoms with Gasteiger partial charge in [0, 0.05) is 19.0 Å². The highest BCUT2D eigenvalue weighted by Crippen LogP contribution is 2.23. The number of amides is 3. The number of piperidine rings is 1. The Bertz CT molecular complexity index is 398. The summed E-state index contributed by atoms with van der Waals surface area (Å²) in [6.45, 7) is 4.29. The summed E-state index contributed by atoms with van der Waals surface area (Å²) in [6.07, 6.45) is 3.19. The zero-order valence-corrected chi connectivity index (χ0v) is 12.7. The van der Waals surface area contributed by atoms with Gasteiger partial charge in [-0.1, -0.05) is 13.8 Å². The quantitative estimate of drug-likeness (QED) is 0.677. The molecule has 0 aromatic carbocycles. The molecule has 1 heterocycles. The molecule has 7 heteroatoms. The van der Waals surface area contributed by atoms with Crippen molar-refractivity contribution in [3.8, 4) is 0 Å². The lowest BCUT2D eigenvalue weighted by atomic mass is 9.95. The van der Waals surface area contributed by atoms with Gasteiger partial charge in [-0.3, -0.25) is 9.59 Å². The molecular weight excluding hydrogens is 274 g/mol. The van der Waals surface area contributed by atoms with Crippen LogP contribution < -0.4 is 11.1 Å². The molecule has 1 saturated heterocycles. The van der Waals surface area contributed by atoms with Gasteiger partial charge in [0.15, 0.2) is 0 Å². The standard InChI is InChI=1S/C14H25N3O4/c1-9(2)12(16-14(15)21)13(20)17-8-4-3-5-10(17)6-7-11(18)19/h9-10,12H,3-8H2,1-2H3,(H,18,19)(H3,15,16,21). The smallest absolute Gasteiger partial charge is 0.312 e. The van der Waals surface area contributed by atoms with Gasteiger partial charge in [0.1, 0.15) is 6.04 Å². The zero-order valence-electron chi connectivity index (χ0n) is 12.7. The minimum atomic E-state index is -0.858. The van der Waals surface area contributed by atoms with Crippen molar-refractivity contribution in [2.75, 3.05) is 6.54 Å². The predicted molar refractivity (Wildman–Crippen MR) is 77.6 cm³/mol. The third kappa shape index (κ3) is 5.24. The lowest BCUT2D eigenvalue weighted by Crippen LogP contribution is -2.56. The summed E-state index contributed by atoms with van der Waals surface area (Å²) in [4.78, 5) is 36.1. The first-order chi connectivity index (χ1) is 9.82. The molecule has 120 valence electrons. The van der Waals surface area contributed by atoms with Crippen molar-refractivity contribution in [1.82, 2.24) is 10.2 Å². The summed E-state index contributed by atoms with van der Waals surface area (Å²) in [7, 11) is 0. The Balaban J connectivity index is 2.78. The van der Waals surface area contributed by atoms with E-state index < -0.39 is 18.0 Å². The number of carbonyl (C=O) groups excluding carboxylic acids is 2. The fourth-order valence-electron chi connectivity index (χ4n) is 2.73. The average Bonchev–Trinajstić information content (AvgIpc) is 2.41. The number of carbonyl (C=O) groups is 3. The zero-order chi connectivity index (χ0) is 16.0. The lowest BCUT2D eigenvalue weighted by molar-refractivity contribution is -0.141. The van der Waals surface area contributed by atoms with Gasteiger partial charge in [-0.2, -0.15) is 0 Å². The monoisotopic (exact) mass is 299 g/mol. The van der Waals surface area contributed by atoms with Gasteiger partial charge in [0.05, 0.1) is 0 Å². The van der Waals surface area contributed by atoms with Gasteiger partial charge < -0.3 is 21.1 Å². The van der Waals surface area contributed by atoms with E-state index in [4.69, 9.17) is 10.8 Å². The van der Waals surface area contributed by atoms with Gasteiger partial charge >= 0.3 is 12.0 Å². The van der Waals surface area contributed by atoms with Crippen molar-refractivity contribution in [3.63, 3.8) is 0 Å². The summed E-state index contributed by atoms with van der Waals surface area (Å²) in [6, 6.07) is -1.45. The second-order valence-electron chi connectivity index (χ2n) is 5.84. The Morgan fingerprint density at radius 3 is 2.52 bits per heavy atom. The van der Waals surface area contributed by atoms with Crippen LogP contribution in [0, 0.1) is 5.92 Å². The van der Waals surface area contributed by atoms with Crippen LogP contribution in [-0.4, -0.2) is 46.5 Å². The number of hydrogen-bond donors (Lipinski definition) is 3. The number of rotatable bonds is 6. The largest absolute Gasteiger partial charge is 0.481 e. The first-order valence-electron chi connectivity index (χ1n) is 7.41. The maximum atomic E-state index is 12.6. The number of carboxylic acids is 1. The first-order valence-corrected chi connectivity index (χ1v) is 7.41. The summed E-state index contributed by atoms with van der Waals surface area (Å²) in [5.41, 5.74) is 5.13. The molecule has 0 radical (unpaired) electrons. The van der Waals surface area contributed by atoms with E-state index in [2.05, 4.69) is 5.32 Å². The normalized spacial score (nSPS) is 20.1. The highest BCUT2D eigenvalue weighted by Gasteiger charge is 2.33. The minimum absolute atomic E-state index is 0.0457. The van der Waals surface area contributed by atoms with Crippen LogP contribution in [0.1, 0.15) is 46.0 Å². The van der Waals surface area contributed by atoms with E-state index >= 15 is 0 Å². The van der Waals surface area contributed by atoms with E-state index in [0.717, 1.165) is 19.3 Å². The number of primary amides is 1. The van der Waals surface area contributed by atoms with Crippen LogP contribution in [0.2, 0.25) is 0 Å². The molecule has 0 aromatic rings. The number of nitrogens with one attached hydrogen (secondary N) is 1. The first kappa shape index (κ1) is 17.3. The number of nitrogens with two attached hydrogens (primary N) is 1. The van der Waals surface area contributed by atoms with Gasteiger partial charge in [-0.05, 0) is 31.6 Å². The SMILES string of the molecule is CC(C)C(NC(N)=O)C(=O)N1CCCCC1CCC(=O)O. The minimum Gasteiger partial charge on any atom is -0.481 e. The molecule has 7 nitrogen and oxygen atoms in total. The summed E-state index contributed by atoms with van der Waals surface area (Å²) < 4.78 is 0. The van der Waals surface area contributed by atoms with Gasteiger partial charge in [-0.15, -0.1) is 0 Å². The van der Waals surface area contributed by atoms with Crippen molar-refractivity contribution in [1.29, 1.82) is 0 Å². The third-order valence-electron chi connectivity index (χ3n) is 3.83. The molecule has 1 rings (SSSR count). The van der Waals surface area contributed by atoms with Crippen LogP contribution in [0.15, 0.2) is 0 Å². The van der Waals surface area contributed by atoms with Crippen molar-refractivity contribution in [2.45, 2.75) is 58.0 Å². The maximum Gasteiger partial charge on any atom is 0.312 e. The van der Waals surface area contributed by atoms with E-state index in [0.29, 0.717) is 13.0 Å². The fraction of sp³-hybridized carbons (Fsp3) is 0.786. The van der Waals surface area contributed by atoms with E-state index in [1.54, 1.807) is 4.90 Å². The molecule has 0 spiro atoms. The molecule has 0 saturated carbocycles. The van der Waals surface area contributed by atoms with Crippen LogP contribution in [-0.2, 0) is 9.59 Å². The van der Waals surface area contributed by atoms with Crippen molar-refractivity contribution in [2.24, 2.45) is 11.7 Å². The van der Waals surface area contributed by atoms with Crippen LogP contribution in [0.4, 0.5) is 4.79 Å². The molecule has 4 N–H and O–H groups in total. The Morgan fingerprint density at radius 1 is 1.33 bits per heavy atom. The van der Waals surface area contributed by atoms with Crippen molar-refractivity contribution >= 4 is 17.9 Å². The van der Waals surface area contributed by atoms with E-state index in [1.165, 1.54) is 0 Å². The summed E-state index contributed by atoms with van der Waals surface area (Å²) in [5, 5.41) is 11.3. The molecule has 1 aliphatic heterocycles. The molecule has 3 amide bonds. The number of nitrogens with zero attached hydrogens (tertiary/aromatic N) is 1. The second kappa shape index (κ2) is 7.85. The van der Waals surface area contributed by atoms with E-state index in [1.807, 2.05) is 13.8 Å². The van der Waals surface area contributed by atoms with Gasteiger partial charge in [0.2, 0.25) is 5.91 Å². The van der Waals surface area contributed by atoms with Gasteiger partial charge in [-0.25, -0.2) is 4.79 Å². The Morgan fingerprint density at radius 2 is 2.00 bits per heavy atom. The van der Waals surface area contributed by atoms with Crippen LogP contribution in [0.25, 0.3) is 0 Å². The number of aliphatic carboxylic acids is 1. The molecule has 1 fully saturated rings. The number of likely N-dealkylation sites (tertiary alicyclic amines) is 1. The fourth-order valence-corrected chi connectivity index (χ4v) is 2.73. The van der Waals surface area contributed by atoms with Crippen LogP contribution in [0.5, 0.6) is 0 Å². The summed E-state index contributed by atoms with van der Waals surface area (Å²) in [5.74, 6) is -1.10. The molecule has 21 heavy (non-hydrogen) atoms. The lowest BCUT2D eigenvalue weighted by Gasteiger charge is -2.38. The number of carboxylic acid groups (broad SMARTS) is 1. The Labute approximate surface area is 124 Å². The molecule has 1 aliphatic rings. The third-order valence-corrected chi connectivity index (χ3v) is 3.83. The maximum absolute atomic E-state index is 12.6. The Hall–Kier alpha value is -1.79. The second-order valence-corrected chi connectivity index (χ2v) is 5.84. The molecule has 0 aliphatic carbocycles. The molecule has 0 aromatic heterocycles. The number of hydrogen-bond acceptors (Lipinski definition) is 3. The van der Waals surface area contributed by atoms with E-state index in [-0.39, 0.29) is 24.3 Å². The molecule has 2 unspecified atom stereocenters. The Kier molecular flexibility index (Phi) is 6.45. The topological polar surface area (TPSA) is 113 Å². The van der Waals surface area contributed by atoms with Crippen LogP contribution >= 0.6 is 0 Å². The highest BCUT2D eigenvalue weighted by molar-refractivity contribution is 5.87. The van der Waals surface area contributed by atoms with Crippen molar-refractivity contribution in [3.05, 3.63) is 0 Å². The van der Waals surface area contributed by atoms with Crippen LogP contribution in [0.3, 0.4) is 0 Å². The van der Waals surface area contributed by atoms with Gasteiger partial charge in [0.25, 0.3) is 0 Å². The highest BCUT2D eigenvalue weighted by atomic mass is 16.4. The number of urea groups is 1. The molecule has 0 bridgehead atoms. The van der Waals surface area contributed by atoms with Crippen molar-refractivity contribution < 1.29 is 19.5 Å². The average molecular weight is 299 g/mol. The molecular formula is C14H25N3O4.